The molecule has 5 nitrogen and oxygen atoms in total. The minimum absolute atomic E-state index is 0.144. The number of rotatable bonds is 7. The van der Waals surface area contributed by atoms with Crippen molar-refractivity contribution in [2.24, 2.45) is 5.92 Å². The summed E-state index contributed by atoms with van der Waals surface area (Å²) in [7, 11) is 0. The van der Waals surface area contributed by atoms with Crippen LogP contribution in [0.2, 0.25) is 0 Å². The summed E-state index contributed by atoms with van der Waals surface area (Å²) < 4.78 is 19.3. The van der Waals surface area contributed by atoms with Crippen LogP contribution in [0.25, 0.3) is 5.57 Å². The van der Waals surface area contributed by atoms with Crippen molar-refractivity contribution in [2.45, 2.75) is 33.7 Å². The lowest BCUT2D eigenvalue weighted by atomic mass is 10.0. The number of hydrogen-bond donors (Lipinski definition) is 1. The summed E-state index contributed by atoms with van der Waals surface area (Å²) >= 11 is 0. The summed E-state index contributed by atoms with van der Waals surface area (Å²) in [4.78, 5) is 27.2. The molecule has 1 aliphatic rings. The van der Waals surface area contributed by atoms with Crippen molar-refractivity contribution >= 4 is 23.1 Å². The number of imide groups is 1. The summed E-state index contributed by atoms with van der Waals surface area (Å²) in [5.41, 5.74) is 1.41. The first-order valence-corrected chi connectivity index (χ1v) is 9.66. The van der Waals surface area contributed by atoms with Gasteiger partial charge in [0.05, 0.1) is 12.2 Å². The second kappa shape index (κ2) is 8.47. The third kappa shape index (κ3) is 4.47. The zero-order valence-electron chi connectivity index (χ0n) is 17.0. The Kier molecular flexibility index (Phi) is 6.01. The highest BCUT2D eigenvalue weighted by atomic mass is 19.1. The standard InChI is InChI=1S/C23H25FN2O3/c1-14(2)13-29-19-10-8-16(9-11-19)20-21(23(28)26(15(3)4)22(20)27)25-18-7-5-6-17(24)12-18/h5-12,14-15,25H,13H2,1-4H3. The second-order valence-corrected chi connectivity index (χ2v) is 7.69. The Labute approximate surface area is 170 Å². The molecule has 0 radical (unpaired) electrons. The van der Waals surface area contributed by atoms with Gasteiger partial charge in [0, 0.05) is 11.7 Å². The lowest BCUT2D eigenvalue weighted by molar-refractivity contribution is -0.138. The number of carbonyl (C=O) groups is 2. The van der Waals surface area contributed by atoms with E-state index in [2.05, 4.69) is 19.2 Å². The van der Waals surface area contributed by atoms with Crippen LogP contribution in [0.5, 0.6) is 5.75 Å². The molecule has 0 aromatic heterocycles. The fourth-order valence-electron chi connectivity index (χ4n) is 3.09. The largest absolute Gasteiger partial charge is 0.493 e. The smallest absolute Gasteiger partial charge is 0.278 e. The number of amides is 2. The summed E-state index contributed by atoms with van der Waals surface area (Å²) in [6.07, 6.45) is 0. The van der Waals surface area contributed by atoms with Gasteiger partial charge in [-0.1, -0.05) is 32.0 Å². The molecule has 0 spiro atoms. The highest BCUT2D eigenvalue weighted by Crippen LogP contribution is 2.32. The topological polar surface area (TPSA) is 58.6 Å². The van der Waals surface area contributed by atoms with Gasteiger partial charge in [-0.05, 0) is 55.7 Å². The molecule has 0 fully saturated rings. The van der Waals surface area contributed by atoms with Crippen LogP contribution in [-0.2, 0) is 9.59 Å². The second-order valence-electron chi connectivity index (χ2n) is 7.69. The quantitative estimate of drug-likeness (QED) is 0.702. The zero-order chi connectivity index (χ0) is 21.1. The minimum Gasteiger partial charge on any atom is -0.493 e. The first-order valence-electron chi connectivity index (χ1n) is 9.66. The number of halogens is 1. The van der Waals surface area contributed by atoms with E-state index in [0.717, 1.165) is 0 Å². The van der Waals surface area contributed by atoms with Gasteiger partial charge in [-0.15, -0.1) is 0 Å². The molecule has 152 valence electrons. The highest BCUT2D eigenvalue weighted by molar-refractivity contribution is 6.36. The fraction of sp³-hybridized carbons (Fsp3) is 0.304. The number of nitrogens with zero attached hydrogens (tertiary/aromatic N) is 1. The van der Waals surface area contributed by atoms with Gasteiger partial charge >= 0.3 is 0 Å². The fourth-order valence-corrected chi connectivity index (χ4v) is 3.09. The van der Waals surface area contributed by atoms with Gasteiger partial charge in [0.1, 0.15) is 17.3 Å². The van der Waals surface area contributed by atoms with Crippen molar-refractivity contribution in [3.05, 3.63) is 65.6 Å². The van der Waals surface area contributed by atoms with E-state index >= 15 is 0 Å². The van der Waals surface area contributed by atoms with Gasteiger partial charge < -0.3 is 10.1 Å². The van der Waals surface area contributed by atoms with E-state index in [1.807, 2.05) is 0 Å². The van der Waals surface area contributed by atoms with Crippen molar-refractivity contribution in [3.8, 4) is 5.75 Å². The van der Waals surface area contributed by atoms with Crippen LogP contribution in [0, 0.1) is 11.7 Å². The monoisotopic (exact) mass is 396 g/mol. The lowest BCUT2D eigenvalue weighted by Crippen LogP contribution is -2.38. The molecule has 0 aliphatic carbocycles. The van der Waals surface area contributed by atoms with E-state index in [1.165, 1.54) is 17.0 Å². The minimum atomic E-state index is -0.429. The molecule has 2 amide bonds. The van der Waals surface area contributed by atoms with E-state index in [1.54, 1.807) is 50.2 Å². The van der Waals surface area contributed by atoms with Crippen LogP contribution in [0.4, 0.5) is 10.1 Å². The van der Waals surface area contributed by atoms with Crippen LogP contribution < -0.4 is 10.1 Å². The maximum Gasteiger partial charge on any atom is 0.278 e. The average molecular weight is 396 g/mol. The van der Waals surface area contributed by atoms with Gasteiger partial charge in [0.15, 0.2) is 0 Å². The molecular weight excluding hydrogens is 371 g/mol. The van der Waals surface area contributed by atoms with Crippen LogP contribution >= 0.6 is 0 Å². The molecule has 0 unspecified atom stereocenters. The molecule has 6 heteroatoms. The third-order valence-corrected chi connectivity index (χ3v) is 4.45. The molecular formula is C23H25FN2O3. The SMILES string of the molecule is CC(C)COc1ccc(C2=C(Nc3cccc(F)c3)C(=O)N(C(C)C)C2=O)cc1. The normalized spacial score (nSPS) is 14.4. The predicted octanol–water partition coefficient (Wildman–Crippen LogP) is 4.46. The average Bonchev–Trinajstić information content (AvgIpc) is 2.90. The molecule has 0 saturated heterocycles. The van der Waals surface area contributed by atoms with Crippen LogP contribution in [-0.4, -0.2) is 29.4 Å². The molecule has 1 heterocycles. The molecule has 2 aromatic rings. The van der Waals surface area contributed by atoms with E-state index in [0.29, 0.717) is 29.5 Å². The summed E-state index contributed by atoms with van der Waals surface area (Å²) in [6, 6.07) is 12.6. The number of nitrogens with one attached hydrogen (secondary N) is 1. The Hall–Kier alpha value is -3.15. The maximum absolute atomic E-state index is 13.6. The van der Waals surface area contributed by atoms with Gasteiger partial charge in [-0.25, -0.2) is 4.39 Å². The van der Waals surface area contributed by atoms with Crippen molar-refractivity contribution in [1.29, 1.82) is 0 Å². The maximum atomic E-state index is 13.6. The van der Waals surface area contributed by atoms with E-state index in [9.17, 15) is 14.0 Å². The number of anilines is 1. The van der Waals surface area contributed by atoms with Gasteiger partial charge in [-0.3, -0.25) is 14.5 Å². The number of carbonyl (C=O) groups excluding carboxylic acids is 2. The first-order chi connectivity index (χ1) is 13.8. The Bertz CT molecular complexity index is 949. The van der Waals surface area contributed by atoms with Crippen molar-refractivity contribution < 1.29 is 18.7 Å². The molecule has 0 bridgehead atoms. The molecule has 1 aliphatic heterocycles. The summed E-state index contributed by atoms with van der Waals surface area (Å²) in [6.45, 7) is 8.27. The lowest BCUT2D eigenvalue weighted by Gasteiger charge is -2.19. The summed E-state index contributed by atoms with van der Waals surface area (Å²) in [5.74, 6) is -0.140. The molecule has 1 N–H and O–H groups in total. The van der Waals surface area contributed by atoms with Crippen LogP contribution in [0.3, 0.4) is 0 Å². The summed E-state index contributed by atoms with van der Waals surface area (Å²) in [5, 5.41) is 2.95. The van der Waals surface area contributed by atoms with Crippen molar-refractivity contribution in [1.82, 2.24) is 4.90 Å². The third-order valence-electron chi connectivity index (χ3n) is 4.45. The van der Waals surface area contributed by atoms with E-state index in [4.69, 9.17) is 4.74 Å². The van der Waals surface area contributed by atoms with Gasteiger partial charge in [0.25, 0.3) is 11.8 Å². The molecule has 3 rings (SSSR count). The molecule has 2 aromatic carbocycles. The number of benzene rings is 2. The Morgan fingerprint density at radius 2 is 1.69 bits per heavy atom. The van der Waals surface area contributed by atoms with Crippen LogP contribution in [0.1, 0.15) is 33.3 Å². The van der Waals surface area contributed by atoms with Crippen LogP contribution in [0.15, 0.2) is 54.2 Å². The number of hydrogen-bond acceptors (Lipinski definition) is 4. The molecule has 29 heavy (non-hydrogen) atoms. The van der Waals surface area contributed by atoms with E-state index < -0.39 is 11.7 Å². The predicted molar refractivity (Wildman–Crippen MR) is 111 cm³/mol. The van der Waals surface area contributed by atoms with Crippen molar-refractivity contribution in [2.75, 3.05) is 11.9 Å². The Morgan fingerprint density at radius 1 is 1.00 bits per heavy atom. The molecule has 0 saturated carbocycles. The Balaban J connectivity index is 1.98. The van der Waals surface area contributed by atoms with Gasteiger partial charge in [0.2, 0.25) is 0 Å². The zero-order valence-corrected chi connectivity index (χ0v) is 17.0. The highest BCUT2D eigenvalue weighted by Gasteiger charge is 2.40. The van der Waals surface area contributed by atoms with E-state index in [-0.39, 0.29) is 23.2 Å². The number of ether oxygens (including phenoxy) is 1. The Morgan fingerprint density at radius 3 is 2.28 bits per heavy atom. The van der Waals surface area contributed by atoms with Gasteiger partial charge in [-0.2, -0.15) is 0 Å². The molecule has 0 atom stereocenters. The van der Waals surface area contributed by atoms with Crippen molar-refractivity contribution in [3.63, 3.8) is 0 Å². The first kappa shape index (κ1) is 20.6.